The van der Waals surface area contributed by atoms with Crippen LogP contribution in [0, 0.1) is 5.41 Å². The fourth-order valence-electron chi connectivity index (χ4n) is 1.94. The van der Waals surface area contributed by atoms with Gasteiger partial charge >= 0.3 is 0 Å². The number of carbonyl (C=O) groups excluding carboxylic acids is 2. The van der Waals surface area contributed by atoms with Crippen molar-refractivity contribution < 1.29 is 28.9 Å². The number of aliphatic hydroxyl groups is 1. The van der Waals surface area contributed by atoms with E-state index in [2.05, 4.69) is 13.8 Å². The molecule has 0 aromatic heterocycles. The Labute approximate surface area is 177 Å². The number of rotatable bonds is 11. The number of aliphatic hydroxyl groups excluding tert-OH is 1. The number of hydrogen-bond acceptors (Lipinski definition) is 6. The molecule has 1 saturated heterocycles. The van der Waals surface area contributed by atoms with E-state index < -0.39 is 0 Å². The molecule has 1 aliphatic heterocycles. The third-order valence-electron chi connectivity index (χ3n) is 4.52. The molecular weight excluding hydrogens is 376 g/mol. The van der Waals surface area contributed by atoms with Crippen LogP contribution in [0.25, 0.3) is 0 Å². The van der Waals surface area contributed by atoms with Gasteiger partial charge in [0.15, 0.2) is 0 Å². The largest absolute Gasteiger partial charge is 0.396 e. The second-order valence-electron chi connectivity index (χ2n) is 7.54. The van der Waals surface area contributed by atoms with Gasteiger partial charge in [-0.05, 0) is 12.8 Å². The molecule has 8 heteroatoms. The highest BCUT2D eigenvalue weighted by molar-refractivity contribution is 5.75. The summed E-state index contributed by atoms with van der Waals surface area (Å²) >= 11 is 0. The smallest absolute Gasteiger partial charge is 0.224 e. The lowest BCUT2D eigenvalue weighted by atomic mass is 9.84. The summed E-state index contributed by atoms with van der Waals surface area (Å²) in [6, 6.07) is 0. The highest BCUT2D eigenvalue weighted by atomic mass is 16.5. The lowest BCUT2D eigenvalue weighted by Crippen LogP contribution is -2.44. The summed E-state index contributed by atoms with van der Waals surface area (Å²) in [7, 11) is 8.57. The Hall–Kier alpha value is -1.22. The van der Waals surface area contributed by atoms with Gasteiger partial charge in [0.1, 0.15) is 0 Å². The third kappa shape index (κ3) is 16.3. The maximum Gasteiger partial charge on any atom is 0.224 e. The molecule has 1 fully saturated rings. The maximum absolute atomic E-state index is 11.0. The highest BCUT2D eigenvalue weighted by Crippen LogP contribution is 2.29. The maximum atomic E-state index is 11.0. The van der Waals surface area contributed by atoms with Gasteiger partial charge < -0.3 is 29.1 Å². The first-order chi connectivity index (χ1) is 13.7. The van der Waals surface area contributed by atoms with Crippen LogP contribution in [-0.4, -0.2) is 102 Å². The van der Waals surface area contributed by atoms with Gasteiger partial charge in [-0.15, -0.1) is 0 Å². The van der Waals surface area contributed by atoms with Crippen LogP contribution in [0.4, 0.5) is 0 Å². The Kier molecular flexibility index (Phi) is 19.4. The van der Waals surface area contributed by atoms with Gasteiger partial charge in [0.25, 0.3) is 0 Å². The van der Waals surface area contributed by atoms with Gasteiger partial charge in [-0.3, -0.25) is 9.59 Å². The fourth-order valence-corrected chi connectivity index (χ4v) is 1.94. The number of ether oxygens (including phenoxy) is 3. The van der Waals surface area contributed by atoms with Crippen molar-refractivity contribution in [3.63, 3.8) is 0 Å². The zero-order valence-electron chi connectivity index (χ0n) is 19.7. The number of nitrogens with zero attached hydrogens (tertiary/aromatic N) is 2. The SMILES string of the molecule is CCC1(CO)COC1.CCCCOCCC(=O)N(C)C.COCCC(=O)N(C)C. The van der Waals surface area contributed by atoms with E-state index in [0.29, 0.717) is 26.1 Å². The predicted octanol–water partition coefficient (Wildman–Crippen LogP) is 1.80. The lowest BCUT2D eigenvalue weighted by Gasteiger charge is -2.38. The van der Waals surface area contributed by atoms with E-state index in [0.717, 1.165) is 39.1 Å². The quantitative estimate of drug-likeness (QED) is 0.513. The first kappa shape index (κ1) is 30.0. The minimum atomic E-state index is 0.108. The summed E-state index contributed by atoms with van der Waals surface area (Å²) in [4.78, 5) is 24.9. The van der Waals surface area contributed by atoms with Crippen LogP contribution in [0.15, 0.2) is 0 Å². The van der Waals surface area contributed by atoms with Crippen molar-refractivity contribution >= 4 is 11.8 Å². The van der Waals surface area contributed by atoms with Gasteiger partial charge in [0, 0.05) is 47.3 Å². The van der Waals surface area contributed by atoms with Crippen LogP contribution >= 0.6 is 0 Å². The number of unbranched alkanes of at least 4 members (excludes halogenated alkanes) is 1. The molecule has 1 N–H and O–H groups in total. The number of carbonyl (C=O) groups is 2. The molecule has 0 bridgehead atoms. The van der Waals surface area contributed by atoms with Crippen molar-refractivity contribution in [3.05, 3.63) is 0 Å². The number of amides is 2. The molecule has 0 aliphatic carbocycles. The molecule has 0 saturated carbocycles. The molecule has 0 aromatic rings. The Morgan fingerprint density at radius 2 is 1.48 bits per heavy atom. The van der Waals surface area contributed by atoms with Crippen molar-refractivity contribution in [2.45, 2.75) is 46.0 Å². The normalized spacial score (nSPS) is 13.8. The lowest BCUT2D eigenvalue weighted by molar-refractivity contribution is -0.138. The van der Waals surface area contributed by atoms with Crippen molar-refractivity contribution in [1.82, 2.24) is 9.80 Å². The standard InChI is InChI=1S/C9H19NO2.C6H13NO2.C6H12O2/c1-4-5-7-12-8-6-9(11)10(2)3;1-7(2)6(8)4-5-9-3;1-2-6(3-7)4-8-5-6/h4-8H2,1-3H3;4-5H2,1-3H3;7H,2-5H2,1H3. The van der Waals surface area contributed by atoms with Crippen LogP contribution < -0.4 is 0 Å². The molecule has 2 amide bonds. The molecule has 1 rings (SSSR count). The van der Waals surface area contributed by atoms with E-state index in [1.54, 1.807) is 45.1 Å². The van der Waals surface area contributed by atoms with Gasteiger partial charge in [0.2, 0.25) is 11.8 Å². The molecule has 8 nitrogen and oxygen atoms in total. The first-order valence-electron chi connectivity index (χ1n) is 10.3. The van der Waals surface area contributed by atoms with E-state index in [1.807, 2.05) is 0 Å². The predicted molar refractivity (Wildman–Crippen MR) is 115 cm³/mol. The Morgan fingerprint density at radius 3 is 1.76 bits per heavy atom. The first-order valence-corrected chi connectivity index (χ1v) is 10.3. The molecule has 0 aromatic carbocycles. The van der Waals surface area contributed by atoms with Gasteiger partial charge in [0.05, 0.1) is 45.9 Å². The summed E-state index contributed by atoms with van der Waals surface area (Å²) < 4.78 is 14.9. The molecule has 0 radical (unpaired) electrons. The van der Waals surface area contributed by atoms with Gasteiger partial charge in [-0.2, -0.15) is 0 Å². The Morgan fingerprint density at radius 1 is 0.966 bits per heavy atom. The van der Waals surface area contributed by atoms with Crippen LogP contribution in [-0.2, 0) is 23.8 Å². The fraction of sp³-hybridized carbons (Fsp3) is 0.905. The molecule has 0 unspecified atom stereocenters. The topological polar surface area (TPSA) is 88.5 Å². The molecular formula is C21H44N2O6. The second-order valence-corrected chi connectivity index (χ2v) is 7.54. The summed E-state index contributed by atoms with van der Waals surface area (Å²) in [6.45, 7) is 7.82. The molecule has 174 valence electrons. The zero-order valence-corrected chi connectivity index (χ0v) is 19.7. The van der Waals surface area contributed by atoms with E-state index in [1.165, 1.54) is 0 Å². The number of hydrogen-bond donors (Lipinski definition) is 1. The zero-order chi connectivity index (χ0) is 22.7. The average molecular weight is 421 g/mol. The minimum Gasteiger partial charge on any atom is -0.396 e. The average Bonchev–Trinajstić information content (AvgIpc) is 2.66. The van der Waals surface area contributed by atoms with Crippen LogP contribution in [0.5, 0.6) is 0 Å². The molecule has 1 aliphatic rings. The van der Waals surface area contributed by atoms with Crippen molar-refractivity contribution in [3.8, 4) is 0 Å². The molecule has 29 heavy (non-hydrogen) atoms. The minimum absolute atomic E-state index is 0.108. The van der Waals surface area contributed by atoms with E-state index in [4.69, 9.17) is 19.3 Å². The third-order valence-corrected chi connectivity index (χ3v) is 4.52. The van der Waals surface area contributed by atoms with E-state index in [-0.39, 0.29) is 23.8 Å². The van der Waals surface area contributed by atoms with E-state index >= 15 is 0 Å². The molecule has 0 spiro atoms. The Bertz CT molecular complexity index is 398. The highest BCUT2D eigenvalue weighted by Gasteiger charge is 2.35. The molecule has 1 heterocycles. The van der Waals surface area contributed by atoms with E-state index in [9.17, 15) is 9.59 Å². The summed E-state index contributed by atoms with van der Waals surface area (Å²) in [5, 5.41) is 8.76. The summed E-state index contributed by atoms with van der Waals surface area (Å²) in [6.07, 6.45) is 4.22. The van der Waals surface area contributed by atoms with Crippen molar-refractivity contribution in [2.24, 2.45) is 5.41 Å². The molecule has 0 atom stereocenters. The monoisotopic (exact) mass is 420 g/mol. The van der Waals surface area contributed by atoms with Gasteiger partial charge in [-0.1, -0.05) is 20.3 Å². The summed E-state index contributed by atoms with van der Waals surface area (Å²) in [5.41, 5.74) is 0.139. The van der Waals surface area contributed by atoms with Crippen molar-refractivity contribution in [1.29, 1.82) is 0 Å². The number of methoxy groups -OCH3 is 1. The van der Waals surface area contributed by atoms with Crippen LogP contribution in [0.3, 0.4) is 0 Å². The van der Waals surface area contributed by atoms with Gasteiger partial charge in [-0.25, -0.2) is 0 Å². The second kappa shape index (κ2) is 18.8. The Balaban J connectivity index is 0. The van der Waals surface area contributed by atoms with Crippen LogP contribution in [0.1, 0.15) is 46.0 Å². The van der Waals surface area contributed by atoms with Crippen molar-refractivity contribution in [2.75, 3.05) is 74.9 Å². The summed E-state index contributed by atoms with van der Waals surface area (Å²) in [5.74, 6) is 0.239. The van der Waals surface area contributed by atoms with Crippen LogP contribution in [0.2, 0.25) is 0 Å².